The zero-order chi connectivity index (χ0) is 17.4. The van der Waals surface area contributed by atoms with Crippen LogP contribution in [-0.2, 0) is 4.79 Å². The van der Waals surface area contributed by atoms with Crippen molar-refractivity contribution < 1.29 is 4.79 Å². The second-order valence-electron chi connectivity index (χ2n) is 6.94. The van der Waals surface area contributed by atoms with E-state index in [9.17, 15) is 9.59 Å². The van der Waals surface area contributed by atoms with Crippen molar-refractivity contribution in [1.29, 1.82) is 0 Å². The molecule has 0 radical (unpaired) electrons. The molecule has 2 aromatic heterocycles. The molecule has 128 valence electrons. The lowest BCUT2D eigenvalue weighted by molar-refractivity contribution is -0.128. The van der Waals surface area contributed by atoms with Gasteiger partial charge in [-0.1, -0.05) is 0 Å². The van der Waals surface area contributed by atoms with E-state index in [-0.39, 0.29) is 23.6 Å². The van der Waals surface area contributed by atoms with Crippen LogP contribution in [0.25, 0.3) is 17.1 Å². The molecule has 1 N–H and O–H groups in total. The van der Waals surface area contributed by atoms with E-state index in [4.69, 9.17) is 0 Å². The molecular weight excluding hydrogens is 304 g/mol. The summed E-state index contributed by atoms with van der Waals surface area (Å²) in [6.45, 7) is 8.05. The fraction of sp³-hybridized carbons (Fsp3) is 0.500. The molecule has 6 heteroatoms. The van der Waals surface area contributed by atoms with E-state index in [0.717, 1.165) is 18.2 Å². The average molecular weight is 328 g/mol. The second-order valence-corrected chi connectivity index (χ2v) is 6.94. The number of carbonyl (C=O) groups is 1. The number of nitrogens with one attached hydrogen (secondary N) is 1. The van der Waals surface area contributed by atoms with Gasteiger partial charge in [0.25, 0.3) is 5.56 Å². The molecule has 24 heavy (non-hydrogen) atoms. The Morgan fingerprint density at radius 1 is 1.38 bits per heavy atom. The highest BCUT2D eigenvalue weighted by Crippen LogP contribution is 2.28. The van der Waals surface area contributed by atoms with Gasteiger partial charge in [0.15, 0.2) is 0 Å². The van der Waals surface area contributed by atoms with Crippen LogP contribution in [0.5, 0.6) is 0 Å². The lowest BCUT2D eigenvalue weighted by Gasteiger charge is -2.25. The third-order valence-corrected chi connectivity index (χ3v) is 4.27. The molecule has 2 heterocycles. The van der Waals surface area contributed by atoms with Gasteiger partial charge in [0.2, 0.25) is 5.91 Å². The Bertz CT molecular complexity index is 838. The smallest absolute Gasteiger partial charge is 0.256 e. The molecule has 1 fully saturated rings. The molecule has 0 aromatic carbocycles. The monoisotopic (exact) mass is 328 g/mol. The van der Waals surface area contributed by atoms with E-state index in [1.807, 2.05) is 32.6 Å². The molecular formula is C18H24N4O2. The lowest BCUT2D eigenvalue weighted by atomic mass is 10.2. The standard InChI is InChI=1S/C18H24N4O2/c1-11(2)21(15-6-7-15)16(23)8-5-13-9-14-10-19-22(12(3)4)17(14)20-18(13)24/h5,8-12,15H,6-7H2,1-4H3,(H,20,24)/b8-5-. The van der Waals surface area contributed by atoms with Crippen LogP contribution in [0.2, 0.25) is 0 Å². The predicted molar refractivity (Wildman–Crippen MR) is 94.8 cm³/mol. The van der Waals surface area contributed by atoms with Gasteiger partial charge in [-0.25, -0.2) is 4.68 Å². The summed E-state index contributed by atoms with van der Waals surface area (Å²) in [5, 5.41) is 5.16. The van der Waals surface area contributed by atoms with Crippen molar-refractivity contribution in [1.82, 2.24) is 19.7 Å². The molecule has 3 rings (SSSR count). The third kappa shape index (κ3) is 3.13. The molecule has 0 aliphatic heterocycles. The molecule has 1 saturated carbocycles. The lowest BCUT2D eigenvalue weighted by Crippen LogP contribution is -2.37. The van der Waals surface area contributed by atoms with Gasteiger partial charge < -0.3 is 9.88 Å². The Kier molecular flexibility index (Phi) is 4.30. The minimum Gasteiger partial charge on any atom is -0.334 e. The Labute approximate surface area is 141 Å². The maximum atomic E-state index is 12.4. The van der Waals surface area contributed by atoms with Gasteiger partial charge in [-0.05, 0) is 52.7 Å². The highest BCUT2D eigenvalue weighted by Gasteiger charge is 2.33. The molecule has 1 aliphatic rings. The maximum Gasteiger partial charge on any atom is 0.256 e. The fourth-order valence-electron chi connectivity index (χ4n) is 2.99. The molecule has 0 unspecified atom stereocenters. The van der Waals surface area contributed by atoms with Crippen LogP contribution in [0.1, 0.15) is 52.1 Å². The molecule has 0 saturated heterocycles. The van der Waals surface area contributed by atoms with Gasteiger partial charge >= 0.3 is 0 Å². The van der Waals surface area contributed by atoms with Crippen molar-refractivity contribution >= 4 is 23.0 Å². The number of aromatic amines is 1. The molecule has 0 atom stereocenters. The van der Waals surface area contributed by atoms with Crippen LogP contribution >= 0.6 is 0 Å². The Morgan fingerprint density at radius 3 is 2.67 bits per heavy atom. The van der Waals surface area contributed by atoms with Crippen molar-refractivity contribution in [2.45, 2.75) is 58.7 Å². The van der Waals surface area contributed by atoms with Gasteiger partial charge in [-0.3, -0.25) is 9.59 Å². The quantitative estimate of drug-likeness (QED) is 0.858. The van der Waals surface area contributed by atoms with E-state index in [2.05, 4.69) is 10.1 Å². The Balaban J connectivity index is 1.88. The summed E-state index contributed by atoms with van der Waals surface area (Å²) in [7, 11) is 0. The van der Waals surface area contributed by atoms with Crippen LogP contribution in [0.3, 0.4) is 0 Å². The minimum absolute atomic E-state index is 0.0372. The zero-order valence-electron chi connectivity index (χ0n) is 14.6. The summed E-state index contributed by atoms with van der Waals surface area (Å²) in [6, 6.07) is 2.46. The highest BCUT2D eigenvalue weighted by atomic mass is 16.2. The van der Waals surface area contributed by atoms with Crippen molar-refractivity contribution in [3.8, 4) is 0 Å². The summed E-state index contributed by atoms with van der Waals surface area (Å²) in [4.78, 5) is 29.5. The van der Waals surface area contributed by atoms with E-state index < -0.39 is 0 Å². The van der Waals surface area contributed by atoms with Crippen LogP contribution < -0.4 is 5.56 Å². The van der Waals surface area contributed by atoms with E-state index >= 15 is 0 Å². The molecule has 0 spiro atoms. The molecule has 1 amide bonds. The number of hydrogen-bond donors (Lipinski definition) is 1. The van der Waals surface area contributed by atoms with Gasteiger partial charge in [0.1, 0.15) is 5.65 Å². The number of carbonyl (C=O) groups excluding carboxylic acids is 1. The van der Waals surface area contributed by atoms with Crippen LogP contribution in [0, 0.1) is 0 Å². The first-order valence-electron chi connectivity index (χ1n) is 8.49. The number of hydrogen-bond acceptors (Lipinski definition) is 3. The second kappa shape index (κ2) is 6.26. The Morgan fingerprint density at radius 2 is 2.08 bits per heavy atom. The summed E-state index contributed by atoms with van der Waals surface area (Å²) < 4.78 is 1.78. The summed E-state index contributed by atoms with van der Waals surface area (Å²) >= 11 is 0. The molecule has 2 aromatic rings. The Hall–Kier alpha value is -2.37. The molecule has 1 aliphatic carbocycles. The highest BCUT2D eigenvalue weighted by molar-refractivity contribution is 5.92. The number of H-pyrrole nitrogens is 1. The number of nitrogens with zero attached hydrogens (tertiary/aromatic N) is 3. The summed E-state index contributed by atoms with van der Waals surface area (Å²) in [5.41, 5.74) is 0.968. The number of pyridine rings is 1. The van der Waals surface area contributed by atoms with E-state index in [1.165, 1.54) is 6.08 Å². The molecule has 0 bridgehead atoms. The number of amides is 1. The van der Waals surface area contributed by atoms with E-state index in [0.29, 0.717) is 17.3 Å². The van der Waals surface area contributed by atoms with Crippen LogP contribution in [0.4, 0.5) is 0 Å². The summed E-state index contributed by atoms with van der Waals surface area (Å²) in [5.74, 6) is -0.0372. The first kappa shape index (κ1) is 16.5. The topological polar surface area (TPSA) is 71.0 Å². The number of rotatable bonds is 5. The molecule has 6 nitrogen and oxygen atoms in total. The first-order valence-corrected chi connectivity index (χ1v) is 8.49. The first-order chi connectivity index (χ1) is 11.4. The maximum absolute atomic E-state index is 12.4. The zero-order valence-corrected chi connectivity index (χ0v) is 14.6. The normalized spacial score (nSPS) is 15.1. The average Bonchev–Trinajstić information content (AvgIpc) is 3.23. The van der Waals surface area contributed by atoms with Crippen molar-refractivity contribution in [2.75, 3.05) is 0 Å². The van der Waals surface area contributed by atoms with Crippen LogP contribution in [0.15, 0.2) is 23.1 Å². The van der Waals surface area contributed by atoms with E-state index in [1.54, 1.807) is 23.0 Å². The minimum atomic E-state index is -0.212. The number of aromatic nitrogens is 3. The largest absolute Gasteiger partial charge is 0.334 e. The summed E-state index contributed by atoms with van der Waals surface area (Å²) in [6.07, 6.45) is 6.97. The predicted octanol–water partition coefficient (Wildman–Crippen LogP) is 2.72. The fourth-order valence-corrected chi connectivity index (χ4v) is 2.99. The van der Waals surface area contributed by atoms with Crippen LogP contribution in [-0.4, -0.2) is 37.7 Å². The van der Waals surface area contributed by atoms with Gasteiger partial charge in [0, 0.05) is 35.2 Å². The third-order valence-electron chi connectivity index (χ3n) is 4.27. The van der Waals surface area contributed by atoms with Gasteiger partial charge in [-0.2, -0.15) is 5.10 Å². The van der Waals surface area contributed by atoms with Gasteiger partial charge in [0.05, 0.1) is 6.20 Å². The SMILES string of the molecule is CC(C)N(C(=O)/C=C\c1cc2cnn(C(C)C)c2[nH]c1=O)C1CC1. The van der Waals surface area contributed by atoms with Gasteiger partial charge in [-0.15, -0.1) is 0 Å². The van der Waals surface area contributed by atoms with Crippen molar-refractivity contribution in [3.05, 3.63) is 34.3 Å². The number of fused-ring (bicyclic) bond motifs is 1. The van der Waals surface area contributed by atoms with Crippen molar-refractivity contribution in [3.63, 3.8) is 0 Å². The van der Waals surface area contributed by atoms with Crippen molar-refractivity contribution in [2.24, 2.45) is 0 Å².